The summed E-state index contributed by atoms with van der Waals surface area (Å²) in [4.78, 5) is 17.1. The number of furan rings is 1. The lowest BCUT2D eigenvalue weighted by Crippen LogP contribution is -2.48. The molecule has 25 heavy (non-hydrogen) atoms. The quantitative estimate of drug-likeness (QED) is 0.735. The zero-order chi connectivity index (χ0) is 17.2. The Bertz CT molecular complexity index is 880. The van der Waals surface area contributed by atoms with Crippen LogP contribution in [-0.4, -0.2) is 44.1 Å². The van der Waals surface area contributed by atoms with Crippen LogP contribution in [0, 0.1) is 0 Å². The number of para-hydroxylation sites is 1. The van der Waals surface area contributed by atoms with Crippen LogP contribution >= 0.6 is 0 Å². The number of methoxy groups -OCH3 is 1. The van der Waals surface area contributed by atoms with Gasteiger partial charge in [-0.15, -0.1) is 0 Å². The Kier molecular flexibility index (Phi) is 4.06. The molecule has 1 aromatic heterocycles. The molecule has 0 atom stereocenters. The second-order valence-electron chi connectivity index (χ2n) is 6.13. The van der Waals surface area contributed by atoms with Gasteiger partial charge in [0.2, 0.25) is 0 Å². The van der Waals surface area contributed by atoms with E-state index in [4.69, 9.17) is 9.15 Å². The number of amides is 1. The maximum Gasteiger partial charge on any atom is 0.254 e. The Balaban J connectivity index is 1.51. The van der Waals surface area contributed by atoms with Crippen molar-refractivity contribution in [3.05, 3.63) is 60.4 Å². The monoisotopic (exact) mass is 336 g/mol. The molecule has 2 heterocycles. The summed E-state index contributed by atoms with van der Waals surface area (Å²) in [6.45, 7) is 3.06. The molecule has 0 radical (unpaired) electrons. The molecule has 4 rings (SSSR count). The minimum Gasteiger partial charge on any atom is -0.496 e. The Morgan fingerprint density at radius 2 is 1.80 bits per heavy atom. The number of hydrogen-bond donors (Lipinski definition) is 0. The highest BCUT2D eigenvalue weighted by atomic mass is 16.5. The number of carbonyl (C=O) groups excluding carboxylic acids is 1. The molecule has 0 spiro atoms. The zero-order valence-electron chi connectivity index (χ0n) is 14.1. The van der Waals surface area contributed by atoms with Gasteiger partial charge in [0.15, 0.2) is 0 Å². The number of rotatable bonds is 3. The van der Waals surface area contributed by atoms with Crippen LogP contribution in [0.3, 0.4) is 0 Å². The van der Waals surface area contributed by atoms with Gasteiger partial charge in [0.05, 0.1) is 18.8 Å². The molecule has 3 aromatic rings. The van der Waals surface area contributed by atoms with Crippen molar-refractivity contribution in [2.75, 3.05) is 38.2 Å². The number of carbonyl (C=O) groups is 1. The van der Waals surface area contributed by atoms with Crippen molar-refractivity contribution in [3.8, 4) is 5.75 Å². The van der Waals surface area contributed by atoms with E-state index >= 15 is 0 Å². The van der Waals surface area contributed by atoms with Gasteiger partial charge in [-0.25, -0.2) is 0 Å². The largest absolute Gasteiger partial charge is 0.496 e. The van der Waals surface area contributed by atoms with Crippen molar-refractivity contribution in [1.29, 1.82) is 0 Å². The second-order valence-corrected chi connectivity index (χ2v) is 6.13. The van der Waals surface area contributed by atoms with Crippen molar-refractivity contribution >= 4 is 22.6 Å². The highest BCUT2D eigenvalue weighted by Crippen LogP contribution is 2.29. The van der Waals surface area contributed by atoms with E-state index in [0.717, 1.165) is 18.5 Å². The minimum atomic E-state index is 0.0179. The molecule has 0 unspecified atom stereocenters. The van der Waals surface area contributed by atoms with E-state index in [1.165, 1.54) is 5.69 Å². The fraction of sp³-hybridized carbons (Fsp3) is 0.250. The highest BCUT2D eigenvalue weighted by Gasteiger charge is 2.23. The van der Waals surface area contributed by atoms with Crippen LogP contribution in [0.2, 0.25) is 0 Å². The van der Waals surface area contributed by atoms with Gasteiger partial charge >= 0.3 is 0 Å². The lowest BCUT2D eigenvalue weighted by molar-refractivity contribution is 0.0746. The lowest BCUT2D eigenvalue weighted by atomic mass is 10.1. The van der Waals surface area contributed by atoms with Gasteiger partial charge in [-0.3, -0.25) is 4.79 Å². The average Bonchev–Trinajstić information content (AvgIpc) is 3.16. The summed E-state index contributed by atoms with van der Waals surface area (Å²) in [5.74, 6) is 0.682. The third-order valence-corrected chi connectivity index (χ3v) is 4.69. The molecule has 1 aliphatic rings. The summed E-state index contributed by atoms with van der Waals surface area (Å²) in [6, 6.07) is 15.7. The van der Waals surface area contributed by atoms with Crippen LogP contribution in [0.25, 0.3) is 11.0 Å². The predicted octanol–water partition coefficient (Wildman–Crippen LogP) is 3.40. The van der Waals surface area contributed by atoms with Gasteiger partial charge < -0.3 is 19.0 Å². The average molecular weight is 336 g/mol. The zero-order valence-corrected chi connectivity index (χ0v) is 14.1. The minimum absolute atomic E-state index is 0.0179. The van der Waals surface area contributed by atoms with E-state index in [1.54, 1.807) is 25.5 Å². The molecule has 128 valence electrons. The van der Waals surface area contributed by atoms with Crippen molar-refractivity contribution in [3.63, 3.8) is 0 Å². The first kappa shape index (κ1) is 15.6. The molecule has 5 heteroatoms. The van der Waals surface area contributed by atoms with E-state index in [-0.39, 0.29) is 5.91 Å². The van der Waals surface area contributed by atoms with Crippen molar-refractivity contribution in [2.45, 2.75) is 0 Å². The number of nitrogens with zero attached hydrogens (tertiary/aromatic N) is 2. The molecule has 2 aromatic carbocycles. The van der Waals surface area contributed by atoms with Crippen molar-refractivity contribution in [2.24, 2.45) is 0 Å². The first-order chi connectivity index (χ1) is 12.3. The van der Waals surface area contributed by atoms with Gasteiger partial charge in [0, 0.05) is 37.4 Å². The van der Waals surface area contributed by atoms with E-state index < -0.39 is 0 Å². The molecule has 1 aliphatic heterocycles. The Hall–Kier alpha value is -2.95. The number of ether oxygens (including phenoxy) is 1. The van der Waals surface area contributed by atoms with Gasteiger partial charge in [-0.05, 0) is 30.3 Å². The van der Waals surface area contributed by atoms with E-state index in [0.29, 0.717) is 30.0 Å². The van der Waals surface area contributed by atoms with Gasteiger partial charge in [0.1, 0.15) is 11.3 Å². The van der Waals surface area contributed by atoms with Gasteiger partial charge in [0.25, 0.3) is 5.91 Å². The van der Waals surface area contributed by atoms with Crippen LogP contribution in [-0.2, 0) is 0 Å². The lowest BCUT2D eigenvalue weighted by Gasteiger charge is -2.36. The number of hydrogen-bond acceptors (Lipinski definition) is 4. The fourth-order valence-electron chi connectivity index (χ4n) is 3.32. The summed E-state index contributed by atoms with van der Waals surface area (Å²) in [5.41, 5.74) is 2.48. The molecule has 1 amide bonds. The maximum atomic E-state index is 12.9. The van der Waals surface area contributed by atoms with Crippen LogP contribution in [0.15, 0.2) is 59.2 Å². The fourth-order valence-corrected chi connectivity index (χ4v) is 3.32. The SMILES string of the molecule is COc1cc(C(=O)N2CCN(c3ccccc3)CC2)cc2occc12. The van der Waals surface area contributed by atoms with E-state index in [9.17, 15) is 4.79 Å². The Morgan fingerprint density at radius 3 is 2.52 bits per heavy atom. The molecule has 0 aliphatic carbocycles. The Morgan fingerprint density at radius 1 is 1.04 bits per heavy atom. The summed E-state index contributed by atoms with van der Waals surface area (Å²) in [5, 5.41) is 0.882. The topological polar surface area (TPSA) is 45.9 Å². The van der Waals surface area contributed by atoms with Crippen molar-refractivity contribution in [1.82, 2.24) is 4.90 Å². The van der Waals surface area contributed by atoms with Crippen LogP contribution in [0.5, 0.6) is 5.75 Å². The van der Waals surface area contributed by atoms with Gasteiger partial charge in [-0.2, -0.15) is 0 Å². The number of benzene rings is 2. The summed E-state index contributed by atoms with van der Waals surface area (Å²) in [6.07, 6.45) is 1.61. The molecule has 1 fully saturated rings. The van der Waals surface area contributed by atoms with Gasteiger partial charge in [-0.1, -0.05) is 18.2 Å². The first-order valence-electron chi connectivity index (χ1n) is 8.41. The maximum absolute atomic E-state index is 12.9. The molecular weight excluding hydrogens is 316 g/mol. The number of anilines is 1. The van der Waals surface area contributed by atoms with E-state index in [2.05, 4.69) is 17.0 Å². The van der Waals surface area contributed by atoms with Crippen LogP contribution in [0.4, 0.5) is 5.69 Å². The Labute approximate surface area is 146 Å². The smallest absolute Gasteiger partial charge is 0.254 e. The standard InChI is InChI=1S/C20H20N2O3/c1-24-18-13-15(14-19-17(18)7-12-25-19)20(23)22-10-8-21(9-11-22)16-5-3-2-4-6-16/h2-7,12-14H,8-11H2,1H3. The normalized spacial score (nSPS) is 14.8. The van der Waals surface area contributed by atoms with Crippen LogP contribution in [0.1, 0.15) is 10.4 Å². The summed E-state index contributed by atoms with van der Waals surface area (Å²) < 4.78 is 10.9. The molecule has 0 bridgehead atoms. The van der Waals surface area contributed by atoms with Crippen LogP contribution < -0.4 is 9.64 Å². The third-order valence-electron chi connectivity index (χ3n) is 4.69. The summed E-state index contributed by atoms with van der Waals surface area (Å²) >= 11 is 0. The first-order valence-corrected chi connectivity index (χ1v) is 8.41. The van der Waals surface area contributed by atoms with E-state index in [1.807, 2.05) is 29.2 Å². The van der Waals surface area contributed by atoms with Crippen molar-refractivity contribution < 1.29 is 13.9 Å². The number of fused-ring (bicyclic) bond motifs is 1. The highest BCUT2D eigenvalue weighted by molar-refractivity contribution is 5.99. The second kappa shape index (κ2) is 6.51. The molecule has 5 nitrogen and oxygen atoms in total. The predicted molar refractivity (Wildman–Crippen MR) is 97.3 cm³/mol. The summed E-state index contributed by atoms with van der Waals surface area (Å²) in [7, 11) is 1.61. The molecule has 0 N–H and O–H groups in total. The third kappa shape index (κ3) is 2.93. The molecular formula is C20H20N2O3. The molecule has 0 saturated carbocycles. The molecule has 1 saturated heterocycles. The number of piperazine rings is 1.